The molecule has 21 heavy (non-hydrogen) atoms. The van der Waals surface area contributed by atoms with E-state index in [1.807, 2.05) is 0 Å². The molecule has 0 atom stereocenters. The zero-order chi connectivity index (χ0) is 15.4. The Bertz CT molecular complexity index is 206. The number of rotatable bonds is 16. The van der Waals surface area contributed by atoms with Crippen LogP contribution in [0.5, 0.6) is 0 Å². The maximum absolute atomic E-state index is 3.54. The number of nitrogens with one attached hydrogen (secondary N) is 1. The SMILES string of the molecule is CCCCC/C=C/CCCNCCC/C=C/CCCCC. The molecule has 0 heterocycles. The van der Waals surface area contributed by atoms with E-state index in [0.717, 1.165) is 0 Å². The van der Waals surface area contributed by atoms with E-state index in [4.69, 9.17) is 0 Å². The molecule has 1 nitrogen and oxygen atoms in total. The van der Waals surface area contributed by atoms with Crippen LogP contribution in [-0.2, 0) is 0 Å². The molecule has 1 heteroatoms. The van der Waals surface area contributed by atoms with Crippen molar-refractivity contribution in [2.75, 3.05) is 13.1 Å². The summed E-state index contributed by atoms with van der Waals surface area (Å²) in [5.74, 6) is 0. The highest BCUT2D eigenvalue weighted by molar-refractivity contribution is 4.82. The molecule has 124 valence electrons. The molecule has 0 unspecified atom stereocenters. The molecule has 0 saturated heterocycles. The minimum atomic E-state index is 1.17. The Morgan fingerprint density at radius 1 is 0.524 bits per heavy atom. The van der Waals surface area contributed by atoms with Crippen LogP contribution in [0.2, 0.25) is 0 Å². The van der Waals surface area contributed by atoms with Crippen LogP contribution >= 0.6 is 0 Å². The first kappa shape index (κ1) is 20.4. The lowest BCUT2D eigenvalue weighted by molar-refractivity contribution is 0.629. The Hall–Kier alpha value is -0.560. The third-order valence-electron chi connectivity index (χ3n) is 3.73. The van der Waals surface area contributed by atoms with E-state index in [0.29, 0.717) is 0 Å². The summed E-state index contributed by atoms with van der Waals surface area (Å²) in [6, 6.07) is 0. The molecule has 1 N–H and O–H groups in total. The van der Waals surface area contributed by atoms with Crippen molar-refractivity contribution in [1.29, 1.82) is 0 Å². The van der Waals surface area contributed by atoms with Crippen molar-refractivity contribution in [3.05, 3.63) is 24.3 Å². The van der Waals surface area contributed by atoms with E-state index >= 15 is 0 Å². The number of unbranched alkanes of at least 4 members (excludes halogenated alkanes) is 8. The summed E-state index contributed by atoms with van der Waals surface area (Å²) < 4.78 is 0. The molecule has 0 rings (SSSR count). The molecule has 0 radical (unpaired) electrons. The molecule has 0 bridgehead atoms. The zero-order valence-electron chi connectivity index (χ0n) is 14.7. The summed E-state index contributed by atoms with van der Waals surface area (Å²) in [6.07, 6.45) is 25.1. The largest absolute Gasteiger partial charge is 0.317 e. The first-order valence-electron chi connectivity index (χ1n) is 9.42. The summed E-state index contributed by atoms with van der Waals surface area (Å²) in [5, 5.41) is 3.54. The standard InChI is InChI=1S/C20H39N/c1-3-5-7-9-11-13-15-17-19-21-20-18-16-14-12-10-8-6-4-2/h11-14,21H,3-10,15-20H2,1-2H3/b13-11+,14-12+. The average Bonchev–Trinajstić information content (AvgIpc) is 2.50. The van der Waals surface area contributed by atoms with E-state index in [2.05, 4.69) is 43.5 Å². The molecule has 0 aliphatic heterocycles. The van der Waals surface area contributed by atoms with Gasteiger partial charge in [-0.25, -0.2) is 0 Å². The molecule has 0 amide bonds. The summed E-state index contributed by atoms with van der Waals surface area (Å²) in [6.45, 7) is 6.86. The zero-order valence-corrected chi connectivity index (χ0v) is 14.7. The van der Waals surface area contributed by atoms with Crippen LogP contribution in [0.4, 0.5) is 0 Å². The van der Waals surface area contributed by atoms with Gasteiger partial charge < -0.3 is 5.32 Å². The smallest absolute Gasteiger partial charge is 0.00460 e. The quantitative estimate of drug-likeness (QED) is 0.256. The highest BCUT2D eigenvalue weighted by atomic mass is 14.8. The van der Waals surface area contributed by atoms with E-state index in [1.54, 1.807) is 0 Å². The van der Waals surface area contributed by atoms with Gasteiger partial charge in [0.1, 0.15) is 0 Å². The van der Waals surface area contributed by atoms with E-state index in [9.17, 15) is 0 Å². The van der Waals surface area contributed by atoms with Crippen molar-refractivity contribution in [2.24, 2.45) is 0 Å². The van der Waals surface area contributed by atoms with Gasteiger partial charge in [-0.1, -0.05) is 63.8 Å². The first-order valence-corrected chi connectivity index (χ1v) is 9.42. The predicted molar refractivity (Wildman–Crippen MR) is 97.9 cm³/mol. The Kier molecular flexibility index (Phi) is 18.9. The van der Waals surface area contributed by atoms with Gasteiger partial charge in [0.25, 0.3) is 0 Å². The molecule has 0 aromatic rings. The molecule has 0 spiro atoms. The van der Waals surface area contributed by atoms with Crippen molar-refractivity contribution in [1.82, 2.24) is 5.32 Å². The van der Waals surface area contributed by atoms with Gasteiger partial charge in [0.2, 0.25) is 0 Å². The van der Waals surface area contributed by atoms with Crippen LogP contribution < -0.4 is 5.32 Å². The Morgan fingerprint density at radius 3 is 1.29 bits per heavy atom. The van der Waals surface area contributed by atoms with Crippen molar-refractivity contribution in [3.8, 4) is 0 Å². The fourth-order valence-corrected chi connectivity index (χ4v) is 2.31. The molecule has 0 aliphatic rings. The number of hydrogen-bond acceptors (Lipinski definition) is 1. The molecular weight excluding hydrogens is 254 g/mol. The van der Waals surface area contributed by atoms with Crippen molar-refractivity contribution in [2.45, 2.75) is 90.9 Å². The summed E-state index contributed by atoms with van der Waals surface area (Å²) in [7, 11) is 0. The molecule has 0 aromatic carbocycles. The van der Waals surface area contributed by atoms with Gasteiger partial charge >= 0.3 is 0 Å². The van der Waals surface area contributed by atoms with E-state index in [-0.39, 0.29) is 0 Å². The van der Waals surface area contributed by atoms with Crippen molar-refractivity contribution >= 4 is 0 Å². The monoisotopic (exact) mass is 293 g/mol. The van der Waals surface area contributed by atoms with Crippen LogP contribution in [0, 0.1) is 0 Å². The Labute approximate surface area is 134 Å². The number of allylic oxidation sites excluding steroid dienone is 4. The maximum Gasteiger partial charge on any atom is -0.00460 e. The van der Waals surface area contributed by atoms with Crippen LogP contribution in [0.1, 0.15) is 90.9 Å². The molecule has 0 fully saturated rings. The van der Waals surface area contributed by atoms with Crippen LogP contribution in [-0.4, -0.2) is 13.1 Å². The van der Waals surface area contributed by atoms with Gasteiger partial charge in [-0.15, -0.1) is 0 Å². The van der Waals surface area contributed by atoms with Crippen LogP contribution in [0.3, 0.4) is 0 Å². The van der Waals surface area contributed by atoms with Crippen molar-refractivity contribution < 1.29 is 0 Å². The Morgan fingerprint density at radius 2 is 0.905 bits per heavy atom. The lowest BCUT2D eigenvalue weighted by Crippen LogP contribution is -2.16. The highest BCUT2D eigenvalue weighted by Gasteiger charge is 1.88. The Balaban J connectivity index is 3.08. The summed E-state index contributed by atoms with van der Waals surface area (Å²) >= 11 is 0. The minimum absolute atomic E-state index is 1.17. The molecule has 0 saturated carbocycles. The van der Waals surface area contributed by atoms with Crippen molar-refractivity contribution in [3.63, 3.8) is 0 Å². The van der Waals surface area contributed by atoms with Gasteiger partial charge in [0, 0.05) is 0 Å². The lowest BCUT2D eigenvalue weighted by atomic mass is 10.2. The first-order chi connectivity index (χ1) is 10.4. The van der Waals surface area contributed by atoms with Crippen LogP contribution in [0.15, 0.2) is 24.3 Å². The third kappa shape index (κ3) is 19.4. The third-order valence-corrected chi connectivity index (χ3v) is 3.73. The number of hydrogen-bond donors (Lipinski definition) is 1. The minimum Gasteiger partial charge on any atom is -0.317 e. The maximum atomic E-state index is 3.54. The molecule has 0 aromatic heterocycles. The van der Waals surface area contributed by atoms with Gasteiger partial charge in [0.15, 0.2) is 0 Å². The highest BCUT2D eigenvalue weighted by Crippen LogP contribution is 2.02. The second-order valence-electron chi connectivity index (χ2n) is 5.97. The van der Waals surface area contributed by atoms with Gasteiger partial charge in [-0.05, 0) is 64.5 Å². The van der Waals surface area contributed by atoms with Gasteiger partial charge in [0.05, 0.1) is 0 Å². The normalized spacial score (nSPS) is 11.9. The lowest BCUT2D eigenvalue weighted by Gasteiger charge is -2.01. The summed E-state index contributed by atoms with van der Waals surface area (Å²) in [5.41, 5.74) is 0. The second-order valence-corrected chi connectivity index (χ2v) is 5.97. The second kappa shape index (κ2) is 19.4. The van der Waals surface area contributed by atoms with Crippen LogP contribution in [0.25, 0.3) is 0 Å². The van der Waals surface area contributed by atoms with Gasteiger partial charge in [-0.2, -0.15) is 0 Å². The van der Waals surface area contributed by atoms with Gasteiger partial charge in [-0.3, -0.25) is 0 Å². The van der Waals surface area contributed by atoms with E-state index in [1.165, 1.54) is 90.1 Å². The summed E-state index contributed by atoms with van der Waals surface area (Å²) in [4.78, 5) is 0. The van der Waals surface area contributed by atoms with E-state index < -0.39 is 0 Å². The fraction of sp³-hybridized carbons (Fsp3) is 0.800. The predicted octanol–water partition coefficient (Wildman–Crippen LogP) is 6.41. The average molecular weight is 294 g/mol. The topological polar surface area (TPSA) is 12.0 Å². The molecular formula is C20H39N. The molecule has 0 aliphatic carbocycles. The fourth-order valence-electron chi connectivity index (χ4n) is 2.31.